The van der Waals surface area contributed by atoms with Crippen molar-refractivity contribution < 1.29 is 18.0 Å². The zero-order chi connectivity index (χ0) is 26.7. The molecular weight excluding hydrogens is 492 g/mol. The van der Waals surface area contributed by atoms with Gasteiger partial charge in [0.15, 0.2) is 0 Å². The molecule has 2 amide bonds. The molecule has 1 atom stereocenters. The first-order valence-electron chi connectivity index (χ1n) is 11.8. The largest absolute Gasteiger partial charge is 0.350 e. The van der Waals surface area contributed by atoms with Gasteiger partial charge in [0.2, 0.25) is 21.8 Å². The Kier molecular flexibility index (Phi) is 10.3. The Morgan fingerprint density at radius 2 is 1.51 bits per heavy atom. The lowest BCUT2D eigenvalue weighted by molar-refractivity contribution is -0.127. The summed E-state index contributed by atoms with van der Waals surface area (Å²) in [6.07, 6.45) is 3.14. The fourth-order valence-electron chi connectivity index (χ4n) is 3.57. The topological polar surface area (TPSA) is 169 Å². The number of aromatic nitrogens is 1. The number of nitrogens with two attached hydrogens (primary N) is 2. The number of carbonyl (C=O) groups excluding carboxylic acids is 2. The average molecular weight is 525 g/mol. The minimum absolute atomic E-state index is 0.225. The predicted octanol–water partition coefficient (Wildman–Crippen LogP) is 0.851. The lowest BCUT2D eigenvalue weighted by Gasteiger charge is -2.19. The first-order chi connectivity index (χ1) is 17.7. The van der Waals surface area contributed by atoms with Crippen LogP contribution in [-0.4, -0.2) is 37.8 Å². The van der Waals surface area contributed by atoms with Gasteiger partial charge >= 0.3 is 0 Å². The van der Waals surface area contributed by atoms with Crippen molar-refractivity contribution in [2.24, 2.45) is 11.5 Å². The Morgan fingerprint density at radius 3 is 2.16 bits per heavy atom. The third kappa shape index (κ3) is 9.73. The predicted molar refractivity (Wildman–Crippen MR) is 141 cm³/mol. The number of hydrogen-bond donors (Lipinski definition) is 5. The number of carbonyl (C=O) groups is 2. The SMILES string of the molecule is NC(N)c1ccc(CNC(=O)CNC(=O)[C@@H](CCc2ccccc2)NS(=O)(=O)Cc2ccncc2)cc1. The Bertz CT molecular complexity index is 1250. The van der Waals surface area contributed by atoms with Crippen molar-refractivity contribution in [3.05, 3.63) is 101 Å². The summed E-state index contributed by atoms with van der Waals surface area (Å²) in [4.78, 5) is 29.1. The minimum Gasteiger partial charge on any atom is -0.350 e. The fourth-order valence-corrected chi connectivity index (χ4v) is 4.94. The molecule has 3 rings (SSSR count). The van der Waals surface area contributed by atoms with E-state index in [1.54, 1.807) is 36.4 Å². The summed E-state index contributed by atoms with van der Waals surface area (Å²) in [5.41, 5.74) is 14.4. The van der Waals surface area contributed by atoms with Gasteiger partial charge in [0.05, 0.1) is 18.5 Å². The Balaban J connectivity index is 1.57. The highest BCUT2D eigenvalue weighted by Gasteiger charge is 2.25. The molecule has 2 aromatic carbocycles. The van der Waals surface area contributed by atoms with Crippen LogP contribution in [0.1, 0.15) is 34.8 Å². The minimum atomic E-state index is -3.83. The van der Waals surface area contributed by atoms with Gasteiger partial charge in [-0.3, -0.25) is 14.6 Å². The monoisotopic (exact) mass is 524 g/mol. The number of aryl methyl sites for hydroxylation is 1. The number of benzene rings is 2. The van der Waals surface area contributed by atoms with Crippen molar-refractivity contribution in [2.75, 3.05) is 6.54 Å². The maximum atomic E-state index is 12.9. The van der Waals surface area contributed by atoms with Crippen LogP contribution in [0.25, 0.3) is 0 Å². The van der Waals surface area contributed by atoms with Gasteiger partial charge in [0, 0.05) is 18.9 Å². The van der Waals surface area contributed by atoms with E-state index in [0.29, 0.717) is 12.0 Å². The number of amides is 2. The van der Waals surface area contributed by atoms with Gasteiger partial charge in [0.25, 0.3) is 0 Å². The van der Waals surface area contributed by atoms with E-state index in [-0.39, 0.29) is 25.3 Å². The third-order valence-electron chi connectivity index (χ3n) is 5.59. The molecule has 11 heteroatoms. The molecular formula is C26H32N6O4S. The first kappa shape index (κ1) is 27.9. The molecule has 37 heavy (non-hydrogen) atoms. The van der Waals surface area contributed by atoms with E-state index in [1.807, 2.05) is 30.3 Å². The summed E-state index contributed by atoms with van der Waals surface area (Å²) < 4.78 is 28.1. The highest BCUT2D eigenvalue weighted by atomic mass is 32.2. The van der Waals surface area contributed by atoms with Crippen molar-refractivity contribution >= 4 is 21.8 Å². The van der Waals surface area contributed by atoms with Crippen LogP contribution in [0.2, 0.25) is 0 Å². The molecule has 196 valence electrons. The molecule has 0 saturated heterocycles. The van der Waals surface area contributed by atoms with Gasteiger partial charge in [-0.05, 0) is 47.2 Å². The molecule has 10 nitrogen and oxygen atoms in total. The lowest BCUT2D eigenvalue weighted by atomic mass is 10.1. The second-order valence-corrected chi connectivity index (χ2v) is 10.3. The molecule has 0 aliphatic carbocycles. The van der Waals surface area contributed by atoms with Crippen LogP contribution >= 0.6 is 0 Å². The Morgan fingerprint density at radius 1 is 0.838 bits per heavy atom. The van der Waals surface area contributed by atoms with E-state index in [1.165, 1.54) is 12.4 Å². The van der Waals surface area contributed by atoms with Gasteiger partial charge in [-0.1, -0.05) is 54.6 Å². The average Bonchev–Trinajstić information content (AvgIpc) is 2.89. The van der Waals surface area contributed by atoms with Gasteiger partial charge in [-0.25, -0.2) is 13.1 Å². The third-order valence-corrected chi connectivity index (χ3v) is 6.94. The molecule has 3 aromatic rings. The molecule has 0 unspecified atom stereocenters. The summed E-state index contributed by atoms with van der Waals surface area (Å²) in [6.45, 7) is -0.0384. The zero-order valence-electron chi connectivity index (χ0n) is 20.3. The molecule has 0 bridgehead atoms. The fraction of sp³-hybridized carbons (Fsp3) is 0.269. The molecule has 0 fully saturated rings. The molecule has 7 N–H and O–H groups in total. The van der Waals surface area contributed by atoms with Gasteiger partial charge < -0.3 is 22.1 Å². The molecule has 1 aromatic heterocycles. The van der Waals surface area contributed by atoms with Crippen molar-refractivity contribution in [2.45, 2.75) is 37.3 Å². The van der Waals surface area contributed by atoms with Gasteiger partial charge in [-0.2, -0.15) is 0 Å². The maximum absolute atomic E-state index is 12.9. The van der Waals surface area contributed by atoms with Gasteiger partial charge in [0.1, 0.15) is 6.04 Å². The molecule has 0 saturated carbocycles. The number of hydrogen-bond acceptors (Lipinski definition) is 7. The van der Waals surface area contributed by atoms with Crippen molar-refractivity contribution in [3.8, 4) is 0 Å². The smallest absolute Gasteiger partial charge is 0.239 e. The normalized spacial score (nSPS) is 12.2. The van der Waals surface area contributed by atoms with Crippen molar-refractivity contribution in [1.29, 1.82) is 0 Å². The quantitative estimate of drug-likeness (QED) is 0.206. The van der Waals surface area contributed by atoms with Crippen LogP contribution in [0.15, 0.2) is 79.1 Å². The maximum Gasteiger partial charge on any atom is 0.239 e. The number of nitrogens with zero attached hydrogens (tertiary/aromatic N) is 1. The van der Waals surface area contributed by atoms with E-state index in [4.69, 9.17) is 11.5 Å². The second-order valence-electron chi connectivity index (χ2n) is 8.57. The van der Waals surface area contributed by atoms with Gasteiger partial charge in [-0.15, -0.1) is 0 Å². The van der Waals surface area contributed by atoms with Crippen LogP contribution in [0.3, 0.4) is 0 Å². The number of rotatable bonds is 13. The van der Waals surface area contributed by atoms with Crippen LogP contribution in [0, 0.1) is 0 Å². The lowest BCUT2D eigenvalue weighted by Crippen LogP contribution is -2.49. The van der Waals surface area contributed by atoms with E-state index in [0.717, 1.165) is 16.7 Å². The van der Waals surface area contributed by atoms with Crippen LogP contribution in [0.5, 0.6) is 0 Å². The van der Waals surface area contributed by atoms with Crippen molar-refractivity contribution in [1.82, 2.24) is 20.3 Å². The summed E-state index contributed by atoms with van der Waals surface area (Å²) in [5.74, 6) is -1.28. The molecule has 0 aliphatic heterocycles. The van der Waals surface area contributed by atoms with E-state index in [2.05, 4.69) is 20.3 Å². The number of pyridine rings is 1. The van der Waals surface area contributed by atoms with E-state index >= 15 is 0 Å². The Hall–Kier alpha value is -3.64. The zero-order valence-corrected chi connectivity index (χ0v) is 21.2. The first-order valence-corrected chi connectivity index (χ1v) is 13.4. The summed E-state index contributed by atoms with van der Waals surface area (Å²) >= 11 is 0. The van der Waals surface area contributed by atoms with E-state index in [9.17, 15) is 18.0 Å². The summed E-state index contributed by atoms with van der Waals surface area (Å²) in [7, 11) is -3.83. The van der Waals surface area contributed by atoms with Crippen LogP contribution < -0.4 is 26.8 Å². The van der Waals surface area contributed by atoms with Crippen molar-refractivity contribution in [3.63, 3.8) is 0 Å². The highest BCUT2D eigenvalue weighted by molar-refractivity contribution is 7.88. The second kappa shape index (κ2) is 13.6. The summed E-state index contributed by atoms with van der Waals surface area (Å²) in [5, 5.41) is 5.26. The summed E-state index contributed by atoms with van der Waals surface area (Å²) in [6, 6.07) is 18.8. The number of nitrogens with one attached hydrogen (secondary N) is 3. The molecule has 0 spiro atoms. The Labute approximate surface area is 216 Å². The number of sulfonamides is 1. The molecule has 1 heterocycles. The molecule has 0 radical (unpaired) electrons. The molecule has 0 aliphatic rings. The van der Waals surface area contributed by atoms with E-state index < -0.39 is 34.0 Å². The highest BCUT2D eigenvalue weighted by Crippen LogP contribution is 2.10. The standard InChI is InChI=1S/C26H32N6O4S/c27-25(28)22-9-6-20(7-10-22)16-30-24(33)17-31-26(34)23(11-8-19-4-2-1-3-5-19)32-37(35,36)18-21-12-14-29-15-13-21/h1-7,9-10,12-15,23,25,32H,8,11,16-18,27-28H2,(H,30,33)(H,31,34)/t23-/m1/s1. The van der Waals surface area contributed by atoms with Crippen LogP contribution in [0.4, 0.5) is 0 Å². The van der Waals surface area contributed by atoms with Crippen LogP contribution in [-0.2, 0) is 38.3 Å².